The lowest BCUT2D eigenvalue weighted by atomic mass is 9.84. The third-order valence-corrected chi connectivity index (χ3v) is 7.73. The quantitative estimate of drug-likeness (QED) is 0.239. The Hall–Kier alpha value is -2.88. The van der Waals surface area contributed by atoms with Crippen molar-refractivity contribution in [2.45, 2.75) is 106 Å². The Morgan fingerprint density at radius 2 is 1.78 bits per heavy atom. The second-order valence-corrected chi connectivity index (χ2v) is 11.4. The number of aromatic nitrogens is 1. The molecule has 0 radical (unpaired) electrons. The van der Waals surface area contributed by atoms with Gasteiger partial charge in [-0.3, -0.25) is 4.98 Å². The Kier molecular flexibility index (Phi) is 15.7. The maximum absolute atomic E-state index is 14.1. The topological polar surface area (TPSA) is 48.7 Å². The van der Waals surface area contributed by atoms with Crippen LogP contribution in [-0.2, 0) is 6.42 Å². The van der Waals surface area contributed by atoms with E-state index in [2.05, 4.69) is 23.3 Å². The fourth-order valence-electron chi connectivity index (χ4n) is 4.20. The van der Waals surface area contributed by atoms with Crippen LogP contribution in [0.1, 0.15) is 102 Å². The number of nitriles is 1. The second-order valence-electron chi connectivity index (χ2n) is 11.4. The standard InChI is InChI=1S/C22H26FN3.C6H11F3.C6H12/c1-14(2)21(23)11-17-7-6-15(3)19(10-17)20(12-24)16(4)22-9-8-18(25-5)13-26-22;1-3-5(2)4-6(7,8)9;1-2-6-4-3-5-6/h6-10,13-14,21,25H,11H2,1-5H3;5H,3-4H2,1-2H3;6H,2-5H2,1H3/b20-16+;;. The smallest absolute Gasteiger partial charge is 0.387 e. The highest BCUT2D eigenvalue weighted by Gasteiger charge is 2.28. The first-order chi connectivity index (χ1) is 19.3. The summed E-state index contributed by atoms with van der Waals surface area (Å²) in [5.41, 5.74) is 5.82. The van der Waals surface area contributed by atoms with Gasteiger partial charge in [0.2, 0.25) is 0 Å². The lowest BCUT2D eigenvalue weighted by Gasteiger charge is -2.22. The summed E-state index contributed by atoms with van der Waals surface area (Å²) in [6.07, 6.45) is 3.12. The molecule has 1 saturated carbocycles. The van der Waals surface area contributed by atoms with E-state index in [1.165, 1.54) is 25.7 Å². The zero-order valence-corrected chi connectivity index (χ0v) is 26.1. The first kappa shape index (κ1) is 36.1. The van der Waals surface area contributed by atoms with Gasteiger partial charge in [-0.15, -0.1) is 0 Å². The van der Waals surface area contributed by atoms with Gasteiger partial charge in [-0.2, -0.15) is 18.4 Å². The molecule has 228 valence electrons. The van der Waals surface area contributed by atoms with E-state index >= 15 is 0 Å². The molecule has 41 heavy (non-hydrogen) atoms. The Morgan fingerprint density at radius 1 is 1.12 bits per heavy atom. The molecular weight excluding hydrogens is 526 g/mol. The molecule has 3 nitrogen and oxygen atoms in total. The van der Waals surface area contributed by atoms with Gasteiger partial charge < -0.3 is 5.32 Å². The molecule has 2 atom stereocenters. The maximum atomic E-state index is 14.1. The molecule has 2 aromatic rings. The number of pyridine rings is 1. The molecule has 3 rings (SSSR count). The van der Waals surface area contributed by atoms with Crippen molar-refractivity contribution in [2.75, 3.05) is 12.4 Å². The highest BCUT2D eigenvalue weighted by atomic mass is 19.4. The van der Waals surface area contributed by atoms with Gasteiger partial charge >= 0.3 is 6.18 Å². The fraction of sp³-hybridized carbons (Fsp3) is 0.588. The summed E-state index contributed by atoms with van der Waals surface area (Å²) in [5.74, 6) is 0.859. The maximum Gasteiger partial charge on any atom is 0.389 e. The molecule has 1 aromatic heterocycles. The van der Waals surface area contributed by atoms with Crippen LogP contribution in [0.5, 0.6) is 0 Å². The number of halogens is 4. The number of aryl methyl sites for hydroxylation is 1. The molecule has 0 bridgehead atoms. The SMILES string of the molecule is CCC(C)CC(F)(F)F.CCC1CCC1.CNc1ccc(/C(C)=C(\C#N)c2cc(CC(F)C(C)C)ccc2C)nc1. The molecule has 0 amide bonds. The lowest BCUT2D eigenvalue weighted by molar-refractivity contribution is -0.143. The third-order valence-electron chi connectivity index (χ3n) is 7.73. The first-order valence-electron chi connectivity index (χ1n) is 14.8. The minimum Gasteiger partial charge on any atom is -0.387 e. The summed E-state index contributed by atoms with van der Waals surface area (Å²) in [6.45, 7) is 13.3. The summed E-state index contributed by atoms with van der Waals surface area (Å²) >= 11 is 0. The van der Waals surface area contributed by atoms with E-state index in [1.54, 1.807) is 20.0 Å². The number of alkyl halides is 4. The summed E-state index contributed by atoms with van der Waals surface area (Å²) < 4.78 is 48.6. The highest BCUT2D eigenvalue weighted by molar-refractivity contribution is 5.96. The van der Waals surface area contributed by atoms with Crippen molar-refractivity contribution in [3.63, 3.8) is 0 Å². The number of anilines is 1. The first-order valence-corrected chi connectivity index (χ1v) is 14.8. The average molecular weight is 576 g/mol. The number of allylic oxidation sites excluding steroid dienone is 2. The van der Waals surface area contributed by atoms with Gasteiger partial charge in [0.25, 0.3) is 0 Å². The van der Waals surface area contributed by atoms with Crippen LogP contribution < -0.4 is 5.32 Å². The van der Waals surface area contributed by atoms with Gasteiger partial charge in [0.05, 0.1) is 23.2 Å². The van der Waals surface area contributed by atoms with Gasteiger partial charge in [0.15, 0.2) is 0 Å². The number of nitrogens with one attached hydrogen (secondary N) is 1. The molecule has 1 heterocycles. The molecule has 1 aliphatic carbocycles. The van der Waals surface area contributed by atoms with Gasteiger partial charge in [0.1, 0.15) is 12.2 Å². The second kappa shape index (κ2) is 17.8. The lowest BCUT2D eigenvalue weighted by Crippen LogP contribution is -2.12. The fourth-order valence-corrected chi connectivity index (χ4v) is 4.20. The summed E-state index contributed by atoms with van der Waals surface area (Å²) in [7, 11) is 1.84. The van der Waals surface area contributed by atoms with Crippen LogP contribution in [-0.4, -0.2) is 24.4 Å². The van der Waals surface area contributed by atoms with E-state index in [9.17, 15) is 22.8 Å². The number of hydrogen-bond acceptors (Lipinski definition) is 3. The Labute approximate surface area is 245 Å². The number of nitrogens with zero attached hydrogens (tertiary/aromatic N) is 2. The normalized spacial score (nSPS) is 15.2. The zero-order valence-electron chi connectivity index (χ0n) is 26.1. The monoisotopic (exact) mass is 575 g/mol. The van der Waals surface area contributed by atoms with Crippen molar-refractivity contribution in [3.05, 3.63) is 58.9 Å². The number of hydrogen-bond donors (Lipinski definition) is 1. The molecule has 0 aliphatic heterocycles. The summed E-state index contributed by atoms with van der Waals surface area (Å²) in [6, 6.07) is 12.0. The number of benzene rings is 1. The van der Waals surface area contributed by atoms with E-state index in [-0.39, 0.29) is 11.8 Å². The minimum atomic E-state index is -3.98. The molecule has 1 fully saturated rings. The molecule has 1 aliphatic rings. The minimum absolute atomic E-state index is 0.0256. The van der Waals surface area contributed by atoms with Crippen molar-refractivity contribution >= 4 is 16.8 Å². The van der Waals surface area contributed by atoms with Gasteiger partial charge in [-0.05, 0) is 66.0 Å². The van der Waals surface area contributed by atoms with Crippen molar-refractivity contribution in [2.24, 2.45) is 17.8 Å². The van der Waals surface area contributed by atoms with Gasteiger partial charge in [0, 0.05) is 19.9 Å². The zero-order chi connectivity index (χ0) is 31.2. The van der Waals surface area contributed by atoms with Crippen LogP contribution >= 0.6 is 0 Å². The largest absolute Gasteiger partial charge is 0.389 e. The summed E-state index contributed by atoms with van der Waals surface area (Å²) in [4.78, 5) is 4.44. The van der Waals surface area contributed by atoms with Crippen LogP contribution in [0.2, 0.25) is 0 Å². The van der Waals surface area contributed by atoms with E-state index < -0.39 is 18.8 Å². The van der Waals surface area contributed by atoms with E-state index in [1.807, 2.05) is 65.1 Å². The Balaban J connectivity index is 0.000000455. The van der Waals surface area contributed by atoms with Crippen LogP contribution in [0.15, 0.2) is 36.5 Å². The van der Waals surface area contributed by atoms with Gasteiger partial charge in [-0.1, -0.05) is 84.9 Å². The molecule has 7 heteroatoms. The van der Waals surface area contributed by atoms with Crippen LogP contribution in [0, 0.1) is 36.0 Å². The predicted octanol–water partition coefficient (Wildman–Crippen LogP) is 10.6. The van der Waals surface area contributed by atoms with E-state index in [0.29, 0.717) is 18.4 Å². The Morgan fingerprint density at radius 3 is 2.15 bits per heavy atom. The summed E-state index contributed by atoms with van der Waals surface area (Å²) in [5, 5.41) is 12.8. The Bertz CT molecular complexity index is 1110. The van der Waals surface area contributed by atoms with Gasteiger partial charge in [-0.25, -0.2) is 4.39 Å². The molecule has 0 spiro atoms. The molecule has 2 unspecified atom stereocenters. The average Bonchev–Trinajstić information content (AvgIpc) is 2.89. The van der Waals surface area contributed by atoms with E-state index in [4.69, 9.17) is 0 Å². The van der Waals surface area contributed by atoms with Crippen LogP contribution in [0.4, 0.5) is 23.2 Å². The third kappa shape index (κ3) is 13.1. The van der Waals surface area contributed by atoms with Crippen LogP contribution in [0.25, 0.3) is 11.1 Å². The molecule has 0 saturated heterocycles. The van der Waals surface area contributed by atoms with Crippen molar-refractivity contribution < 1.29 is 17.6 Å². The van der Waals surface area contributed by atoms with Crippen molar-refractivity contribution in [3.8, 4) is 6.07 Å². The molecule has 1 N–H and O–H groups in total. The molecular formula is C34H49F4N3. The number of rotatable bonds is 9. The van der Waals surface area contributed by atoms with Crippen molar-refractivity contribution in [1.29, 1.82) is 5.26 Å². The molecule has 1 aromatic carbocycles. The highest BCUT2D eigenvalue weighted by Crippen LogP contribution is 2.30. The van der Waals surface area contributed by atoms with E-state index in [0.717, 1.165) is 39.6 Å². The predicted molar refractivity (Wildman–Crippen MR) is 164 cm³/mol. The van der Waals surface area contributed by atoms with Crippen LogP contribution in [0.3, 0.4) is 0 Å². The van der Waals surface area contributed by atoms with Crippen molar-refractivity contribution in [1.82, 2.24) is 4.98 Å².